The predicted molar refractivity (Wildman–Crippen MR) is 106 cm³/mol. The molecule has 0 atom stereocenters. The second kappa shape index (κ2) is 9.01. The Morgan fingerprint density at radius 1 is 1.30 bits per heavy atom. The number of rotatable bonds is 4. The Morgan fingerprint density at radius 3 is 2.26 bits per heavy atom. The molecule has 152 valence electrons. The molecule has 0 radical (unpaired) electrons. The minimum Gasteiger partial charge on any atom is -0.478 e. The molecule has 1 aliphatic heterocycles. The minimum atomic E-state index is -1.04. The SMILES string of the molecule is C=N/C(=N\C=C(/C)C(=O)O)NC1(C(C)C)CCN(C(=O)OC(C)(C)C)CC1. The van der Waals surface area contributed by atoms with E-state index >= 15 is 0 Å². The molecule has 1 heterocycles. The van der Waals surface area contributed by atoms with Crippen LogP contribution in [0.3, 0.4) is 0 Å². The average molecular weight is 380 g/mol. The number of hydrogen-bond acceptors (Lipinski definition) is 4. The van der Waals surface area contributed by atoms with Crippen molar-refractivity contribution in [2.24, 2.45) is 15.9 Å². The summed E-state index contributed by atoms with van der Waals surface area (Å²) in [5.41, 5.74) is -0.733. The summed E-state index contributed by atoms with van der Waals surface area (Å²) in [6, 6.07) is 0. The van der Waals surface area contributed by atoms with Crippen molar-refractivity contribution in [3.8, 4) is 0 Å². The fraction of sp³-hybridized carbons (Fsp3) is 0.684. The molecular formula is C19H32N4O4. The zero-order valence-corrected chi connectivity index (χ0v) is 17.2. The number of carbonyl (C=O) groups is 2. The molecule has 1 rings (SSSR count). The Balaban J connectivity index is 2.89. The number of piperidine rings is 1. The van der Waals surface area contributed by atoms with Crippen molar-refractivity contribution in [1.29, 1.82) is 0 Å². The van der Waals surface area contributed by atoms with Crippen LogP contribution >= 0.6 is 0 Å². The van der Waals surface area contributed by atoms with Crippen LogP contribution in [0.1, 0.15) is 54.4 Å². The van der Waals surface area contributed by atoms with Gasteiger partial charge >= 0.3 is 12.1 Å². The first-order valence-electron chi connectivity index (χ1n) is 9.11. The van der Waals surface area contributed by atoms with Crippen LogP contribution in [0.25, 0.3) is 0 Å². The van der Waals surface area contributed by atoms with Gasteiger partial charge in [0.15, 0.2) is 0 Å². The summed E-state index contributed by atoms with van der Waals surface area (Å²) < 4.78 is 5.45. The molecule has 0 aromatic carbocycles. The Labute approximate surface area is 161 Å². The number of carboxylic acid groups (broad SMARTS) is 1. The molecule has 0 unspecified atom stereocenters. The van der Waals surface area contributed by atoms with E-state index in [-0.39, 0.29) is 29.1 Å². The van der Waals surface area contributed by atoms with Gasteiger partial charge in [0, 0.05) is 24.8 Å². The van der Waals surface area contributed by atoms with Gasteiger partial charge in [-0.3, -0.25) is 0 Å². The van der Waals surface area contributed by atoms with Crippen molar-refractivity contribution in [2.75, 3.05) is 13.1 Å². The molecule has 0 aromatic heterocycles. The van der Waals surface area contributed by atoms with E-state index in [1.54, 1.807) is 4.90 Å². The highest BCUT2D eigenvalue weighted by atomic mass is 16.6. The highest BCUT2D eigenvalue weighted by Crippen LogP contribution is 2.30. The number of carbonyl (C=O) groups excluding carboxylic acids is 1. The lowest BCUT2D eigenvalue weighted by molar-refractivity contribution is -0.132. The van der Waals surface area contributed by atoms with E-state index in [9.17, 15) is 9.59 Å². The van der Waals surface area contributed by atoms with Crippen molar-refractivity contribution in [2.45, 2.75) is 65.5 Å². The quantitative estimate of drug-likeness (QED) is 0.443. The number of guanidine groups is 1. The van der Waals surface area contributed by atoms with E-state index in [1.807, 2.05) is 20.8 Å². The molecule has 1 fully saturated rings. The zero-order chi connectivity index (χ0) is 20.8. The smallest absolute Gasteiger partial charge is 0.410 e. The molecule has 0 bridgehead atoms. The third-order valence-corrected chi connectivity index (χ3v) is 4.64. The number of hydrogen-bond donors (Lipinski definition) is 2. The molecule has 0 aromatic rings. The molecule has 27 heavy (non-hydrogen) atoms. The van der Waals surface area contributed by atoms with E-state index in [0.717, 1.165) is 0 Å². The van der Waals surface area contributed by atoms with Crippen molar-refractivity contribution in [1.82, 2.24) is 10.2 Å². The van der Waals surface area contributed by atoms with Gasteiger partial charge in [-0.2, -0.15) is 0 Å². The molecule has 1 saturated heterocycles. The number of carboxylic acids is 1. The molecule has 1 amide bonds. The fourth-order valence-corrected chi connectivity index (χ4v) is 2.81. The van der Waals surface area contributed by atoms with Crippen LogP contribution in [0.5, 0.6) is 0 Å². The lowest BCUT2D eigenvalue weighted by Crippen LogP contribution is -2.59. The van der Waals surface area contributed by atoms with Gasteiger partial charge in [0.25, 0.3) is 0 Å². The topological polar surface area (TPSA) is 104 Å². The van der Waals surface area contributed by atoms with Crippen LogP contribution in [-0.2, 0) is 9.53 Å². The van der Waals surface area contributed by atoms with Crippen LogP contribution in [0.15, 0.2) is 21.8 Å². The second-order valence-corrected chi connectivity index (χ2v) is 8.13. The van der Waals surface area contributed by atoms with E-state index in [0.29, 0.717) is 25.9 Å². The molecule has 0 spiro atoms. The molecule has 0 aliphatic carbocycles. The van der Waals surface area contributed by atoms with Crippen molar-refractivity contribution < 1.29 is 19.4 Å². The zero-order valence-electron chi connectivity index (χ0n) is 17.2. The summed E-state index contributed by atoms with van der Waals surface area (Å²) in [5.74, 6) is -0.517. The lowest BCUT2D eigenvalue weighted by Gasteiger charge is -2.45. The Morgan fingerprint density at radius 2 is 1.85 bits per heavy atom. The lowest BCUT2D eigenvalue weighted by atomic mass is 9.78. The first-order valence-corrected chi connectivity index (χ1v) is 9.11. The van der Waals surface area contributed by atoms with Crippen LogP contribution in [0, 0.1) is 5.92 Å². The van der Waals surface area contributed by atoms with Gasteiger partial charge in [-0.25, -0.2) is 19.6 Å². The molecular weight excluding hydrogens is 348 g/mol. The highest BCUT2D eigenvalue weighted by Gasteiger charge is 2.40. The summed E-state index contributed by atoms with van der Waals surface area (Å²) in [6.07, 6.45) is 2.33. The van der Waals surface area contributed by atoms with Crippen LogP contribution in [0.2, 0.25) is 0 Å². The van der Waals surface area contributed by atoms with Crippen molar-refractivity contribution in [3.05, 3.63) is 11.8 Å². The Bertz CT molecular complexity index is 624. The van der Waals surface area contributed by atoms with Gasteiger partial charge in [0.2, 0.25) is 5.96 Å². The number of aliphatic carboxylic acids is 1. The van der Waals surface area contributed by atoms with Gasteiger partial charge < -0.3 is 20.1 Å². The average Bonchev–Trinajstić information content (AvgIpc) is 2.56. The van der Waals surface area contributed by atoms with Gasteiger partial charge in [0.05, 0.1) is 5.57 Å². The van der Waals surface area contributed by atoms with E-state index < -0.39 is 11.6 Å². The third kappa shape index (κ3) is 6.69. The summed E-state index contributed by atoms with van der Waals surface area (Å²) >= 11 is 0. The van der Waals surface area contributed by atoms with E-state index in [1.165, 1.54) is 13.1 Å². The number of nitrogens with zero attached hydrogens (tertiary/aromatic N) is 3. The Kier molecular flexibility index (Phi) is 7.56. The number of ether oxygens (including phenoxy) is 1. The number of amides is 1. The number of aliphatic imine (C=N–C) groups is 2. The first-order chi connectivity index (χ1) is 12.4. The van der Waals surface area contributed by atoms with Gasteiger partial charge in [-0.05, 0) is 53.2 Å². The van der Waals surface area contributed by atoms with Crippen LogP contribution in [0.4, 0.5) is 4.79 Å². The van der Waals surface area contributed by atoms with Crippen LogP contribution < -0.4 is 5.32 Å². The first kappa shape index (κ1) is 22.7. The molecule has 0 saturated carbocycles. The van der Waals surface area contributed by atoms with Crippen LogP contribution in [-0.4, -0.2) is 59.0 Å². The molecule has 2 N–H and O–H groups in total. The Hall–Kier alpha value is -2.38. The van der Waals surface area contributed by atoms with E-state index in [4.69, 9.17) is 9.84 Å². The maximum atomic E-state index is 12.3. The molecule has 8 heteroatoms. The maximum Gasteiger partial charge on any atom is 0.410 e. The summed E-state index contributed by atoms with van der Waals surface area (Å²) in [6.45, 7) is 15.8. The second-order valence-electron chi connectivity index (χ2n) is 8.13. The summed E-state index contributed by atoms with van der Waals surface area (Å²) in [5, 5.41) is 12.3. The maximum absolute atomic E-state index is 12.3. The summed E-state index contributed by atoms with van der Waals surface area (Å²) in [4.78, 5) is 32.9. The third-order valence-electron chi connectivity index (χ3n) is 4.64. The normalized spacial score (nSPS) is 18.3. The molecule has 1 aliphatic rings. The van der Waals surface area contributed by atoms with Crippen molar-refractivity contribution >= 4 is 24.7 Å². The standard InChI is InChI=1S/C19H32N4O4/c1-13(2)19(22-16(20-7)21-12-14(3)15(24)25)8-10-23(11-9-19)17(26)27-18(4,5)6/h12-13H,7-11H2,1-6H3,(H,21,22)(H,24,25)/b14-12+. The van der Waals surface area contributed by atoms with Gasteiger partial charge in [0.1, 0.15) is 5.60 Å². The number of nitrogens with one attached hydrogen (secondary N) is 1. The fourth-order valence-electron chi connectivity index (χ4n) is 2.81. The summed E-state index contributed by atoms with van der Waals surface area (Å²) in [7, 11) is 0. The monoisotopic (exact) mass is 380 g/mol. The van der Waals surface area contributed by atoms with Gasteiger partial charge in [-0.15, -0.1) is 0 Å². The van der Waals surface area contributed by atoms with Crippen molar-refractivity contribution in [3.63, 3.8) is 0 Å². The van der Waals surface area contributed by atoms with Gasteiger partial charge in [-0.1, -0.05) is 13.8 Å². The van der Waals surface area contributed by atoms with E-state index in [2.05, 4.69) is 35.9 Å². The highest BCUT2D eigenvalue weighted by molar-refractivity contribution is 5.88. The molecule has 8 nitrogen and oxygen atoms in total. The number of likely N-dealkylation sites (tertiary alicyclic amines) is 1. The predicted octanol–water partition coefficient (Wildman–Crippen LogP) is 3.05. The largest absolute Gasteiger partial charge is 0.478 e. The minimum absolute atomic E-state index is 0.108.